The van der Waals surface area contributed by atoms with Gasteiger partial charge in [0.05, 0.1) is 5.69 Å². The number of amides is 1. The molecule has 19 heavy (non-hydrogen) atoms. The van der Waals surface area contributed by atoms with Crippen molar-refractivity contribution in [1.82, 2.24) is 15.1 Å². The van der Waals surface area contributed by atoms with Gasteiger partial charge in [0.1, 0.15) is 5.82 Å². The number of anilines is 1. The molecule has 2 N–H and O–H groups in total. The van der Waals surface area contributed by atoms with Gasteiger partial charge in [-0.25, -0.2) is 0 Å². The van der Waals surface area contributed by atoms with Gasteiger partial charge < -0.3 is 10.6 Å². The van der Waals surface area contributed by atoms with E-state index >= 15 is 0 Å². The SMILES string of the molecule is Cc1nn(C)c(NC(=O)CCC2CCNC2)c1C.Cl. The summed E-state index contributed by atoms with van der Waals surface area (Å²) in [6.45, 7) is 6.08. The highest BCUT2D eigenvalue weighted by Crippen LogP contribution is 2.19. The maximum atomic E-state index is 11.9. The standard InChI is InChI=1S/C13H22N4O.ClH/c1-9-10(2)16-17(3)13(9)15-12(18)5-4-11-6-7-14-8-11;/h11,14H,4-8H2,1-3H3,(H,15,18);1H. The molecule has 0 radical (unpaired) electrons. The van der Waals surface area contributed by atoms with E-state index in [0.29, 0.717) is 12.3 Å². The Balaban J connectivity index is 0.00000180. The Labute approximate surface area is 120 Å². The summed E-state index contributed by atoms with van der Waals surface area (Å²) in [4.78, 5) is 11.9. The van der Waals surface area contributed by atoms with Gasteiger partial charge in [0.25, 0.3) is 0 Å². The van der Waals surface area contributed by atoms with Gasteiger partial charge in [-0.15, -0.1) is 12.4 Å². The van der Waals surface area contributed by atoms with Crippen LogP contribution in [-0.2, 0) is 11.8 Å². The Bertz CT molecular complexity index is 438. The molecule has 1 aliphatic heterocycles. The number of carbonyl (C=O) groups excluding carboxylic acids is 1. The van der Waals surface area contributed by atoms with E-state index in [1.807, 2.05) is 20.9 Å². The number of hydrogen-bond acceptors (Lipinski definition) is 3. The molecule has 108 valence electrons. The number of aryl methyl sites for hydroxylation is 2. The van der Waals surface area contributed by atoms with Crippen molar-refractivity contribution in [1.29, 1.82) is 0 Å². The Morgan fingerprint density at radius 3 is 2.79 bits per heavy atom. The van der Waals surface area contributed by atoms with Crippen LogP contribution in [0.25, 0.3) is 0 Å². The fourth-order valence-corrected chi connectivity index (χ4v) is 2.43. The van der Waals surface area contributed by atoms with Crippen molar-refractivity contribution in [2.75, 3.05) is 18.4 Å². The van der Waals surface area contributed by atoms with Crippen molar-refractivity contribution in [3.63, 3.8) is 0 Å². The number of halogens is 1. The second-order valence-electron chi connectivity index (χ2n) is 5.13. The molecule has 1 saturated heterocycles. The van der Waals surface area contributed by atoms with E-state index in [-0.39, 0.29) is 18.3 Å². The maximum Gasteiger partial charge on any atom is 0.225 e. The summed E-state index contributed by atoms with van der Waals surface area (Å²) in [5.41, 5.74) is 2.01. The lowest BCUT2D eigenvalue weighted by Crippen LogP contribution is -2.17. The zero-order chi connectivity index (χ0) is 13.1. The van der Waals surface area contributed by atoms with E-state index in [4.69, 9.17) is 0 Å². The van der Waals surface area contributed by atoms with Gasteiger partial charge >= 0.3 is 0 Å². The summed E-state index contributed by atoms with van der Waals surface area (Å²) in [6, 6.07) is 0. The van der Waals surface area contributed by atoms with Gasteiger partial charge in [-0.1, -0.05) is 0 Å². The third-order valence-electron chi connectivity index (χ3n) is 3.72. The first-order chi connectivity index (χ1) is 8.58. The lowest BCUT2D eigenvalue weighted by atomic mass is 10.0. The molecule has 0 aliphatic carbocycles. The van der Waals surface area contributed by atoms with Crippen LogP contribution in [0, 0.1) is 19.8 Å². The molecule has 0 saturated carbocycles. The molecular formula is C13H23ClN4O. The number of hydrogen-bond donors (Lipinski definition) is 2. The van der Waals surface area contributed by atoms with E-state index in [1.165, 1.54) is 6.42 Å². The topological polar surface area (TPSA) is 59.0 Å². The van der Waals surface area contributed by atoms with Gasteiger partial charge in [-0.05, 0) is 45.7 Å². The molecular weight excluding hydrogens is 264 g/mol. The first kappa shape index (κ1) is 16.0. The van der Waals surface area contributed by atoms with Crippen molar-refractivity contribution in [3.8, 4) is 0 Å². The highest BCUT2D eigenvalue weighted by atomic mass is 35.5. The van der Waals surface area contributed by atoms with E-state index in [0.717, 1.165) is 36.6 Å². The summed E-state index contributed by atoms with van der Waals surface area (Å²) >= 11 is 0. The van der Waals surface area contributed by atoms with Crippen LogP contribution in [0.1, 0.15) is 30.5 Å². The summed E-state index contributed by atoms with van der Waals surface area (Å²) in [5.74, 6) is 1.57. The minimum atomic E-state index is 0. The molecule has 0 aromatic carbocycles. The quantitative estimate of drug-likeness (QED) is 0.887. The average molecular weight is 287 g/mol. The molecule has 1 amide bonds. The third kappa shape index (κ3) is 3.94. The van der Waals surface area contributed by atoms with Crippen LogP contribution >= 0.6 is 12.4 Å². The van der Waals surface area contributed by atoms with E-state index in [1.54, 1.807) is 4.68 Å². The minimum absolute atomic E-state index is 0. The first-order valence-electron chi connectivity index (χ1n) is 6.58. The molecule has 1 aromatic heterocycles. The Morgan fingerprint density at radius 2 is 2.26 bits per heavy atom. The summed E-state index contributed by atoms with van der Waals surface area (Å²) in [6.07, 6.45) is 2.75. The van der Waals surface area contributed by atoms with Gasteiger partial charge in [-0.3, -0.25) is 9.48 Å². The second kappa shape index (κ2) is 6.91. The van der Waals surface area contributed by atoms with Crippen molar-refractivity contribution >= 4 is 24.1 Å². The molecule has 0 spiro atoms. The van der Waals surface area contributed by atoms with Gasteiger partial charge in [0.15, 0.2) is 0 Å². The lowest BCUT2D eigenvalue weighted by Gasteiger charge is -2.09. The monoisotopic (exact) mass is 286 g/mol. The fourth-order valence-electron chi connectivity index (χ4n) is 2.43. The number of rotatable bonds is 4. The van der Waals surface area contributed by atoms with E-state index < -0.39 is 0 Å². The second-order valence-corrected chi connectivity index (χ2v) is 5.13. The molecule has 6 heteroatoms. The van der Waals surface area contributed by atoms with Crippen molar-refractivity contribution in [2.45, 2.75) is 33.1 Å². The van der Waals surface area contributed by atoms with Crippen molar-refractivity contribution in [3.05, 3.63) is 11.3 Å². The summed E-state index contributed by atoms with van der Waals surface area (Å²) < 4.78 is 1.74. The zero-order valence-electron chi connectivity index (χ0n) is 11.8. The Morgan fingerprint density at radius 1 is 1.53 bits per heavy atom. The predicted octanol–water partition coefficient (Wildman–Crippen LogP) is 1.79. The van der Waals surface area contributed by atoms with Crippen LogP contribution in [0.2, 0.25) is 0 Å². The molecule has 5 nitrogen and oxygen atoms in total. The lowest BCUT2D eigenvalue weighted by molar-refractivity contribution is -0.116. The Hall–Kier alpha value is -1.07. The molecule has 0 bridgehead atoms. The average Bonchev–Trinajstić information content (AvgIpc) is 2.92. The molecule has 1 fully saturated rings. The fraction of sp³-hybridized carbons (Fsp3) is 0.692. The van der Waals surface area contributed by atoms with Crippen LogP contribution in [0.5, 0.6) is 0 Å². The van der Waals surface area contributed by atoms with Crippen molar-refractivity contribution < 1.29 is 4.79 Å². The van der Waals surface area contributed by atoms with Crippen LogP contribution < -0.4 is 10.6 Å². The van der Waals surface area contributed by atoms with Gasteiger partial charge in [-0.2, -0.15) is 5.10 Å². The van der Waals surface area contributed by atoms with Crippen LogP contribution in [0.3, 0.4) is 0 Å². The van der Waals surface area contributed by atoms with Crippen LogP contribution in [-0.4, -0.2) is 28.8 Å². The minimum Gasteiger partial charge on any atom is -0.316 e. The molecule has 2 heterocycles. The third-order valence-corrected chi connectivity index (χ3v) is 3.72. The normalized spacial score (nSPS) is 18.2. The van der Waals surface area contributed by atoms with Crippen LogP contribution in [0.4, 0.5) is 5.82 Å². The predicted molar refractivity (Wildman–Crippen MR) is 78.8 cm³/mol. The number of carbonyl (C=O) groups is 1. The molecule has 1 atom stereocenters. The highest BCUT2D eigenvalue weighted by Gasteiger charge is 2.17. The molecule has 2 rings (SSSR count). The zero-order valence-corrected chi connectivity index (χ0v) is 12.6. The smallest absolute Gasteiger partial charge is 0.225 e. The van der Waals surface area contributed by atoms with E-state index in [9.17, 15) is 4.79 Å². The van der Waals surface area contributed by atoms with Gasteiger partial charge in [0.2, 0.25) is 5.91 Å². The summed E-state index contributed by atoms with van der Waals surface area (Å²) in [5, 5.41) is 10.6. The number of nitrogens with zero attached hydrogens (tertiary/aromatic N) is 2. The largest absolute Gasteiger partial charge is 0.316 e. The summed E-state index contributed by atoms with van der Waals surface area (Å²) in [7, 11) is 1.86. The first-order valence-corrected chi connectivity index (χ1v) is 6.58. The number of nitrogens with one attached hydrogen (secondary N) is 2. The molecule has 1 aliphatic rings. The molecule has 1 aromatic rings. The van der Waals surface area contributed by atoms with Gasteiger partial charge in [0, 0.05) is 19.0 Å². The van der Waals surface area contributed by atoms with Crippen LogP contribution in [0.15, 0.2) is 0 Å². The van der Waals surface area contributed by atoms with E-state index in [2.05, 4.69) is 15.7 Å². The number of aromatic nitrogens is 2. The highest BCUT2D eigenvalue weighted by molar-refractivity contribution is 5.90. The van der Waals surface area contributed by atoms with Crippen molar-refractivity contribution in [2.24, 2.45) is 13.0 Å². The molecule has 1 unspecified atom stereocenters. The maximum absolute atomic E-state index is 11.9. The Kier molecular flexibility index (Phi) is 5.82.